The second kappa shape index (κ2) is 14.7. The molecule has 0 aliphatic heterocycles. The Labute approximate surface area is 247 Å². The van der Waals surface area contributed by atoms with E-state index in [9.17, 15) is 19.2 Å². The fourth-order valence-corrected chi connectivity index (χ4v) is 3.73. The van der Waals surface area contributed by atoms with Crippen molar-refractivity contribution in [3.8, 4) is 0 Å². The van der Waals surface area contributed by atoms with Crippen molar-refractivity contribution in [1.29, 1.82) is 0 Å². The van der Waals surface area contributed by atoms with Gasteiger partial charge in [0.1, 0.15) is 0 Å². The smallest absolute Gasteiger partial charge is 0.291 e. The first-order chi connectivity index (χ1) is 20.8. The lowest BCUT2D eigenvalue weighted by Gasteiger charge is -2.06. The Bertz CT molecular complexity index is 1480. The highest BCUT2D eigenvalue weighted by Gasteiger charge is 2.11. The third-order valence-corrected chi connectivity index (χ3v) is 6.12. The van der Waals surface area contributed by atoms with E-state index in [4.69, 9.17) is 8.83 Å². The first-order valence-electron chi connectivity index (χ1n) is 13.4. The van der Waals surface area contributed by atoms with Gasteiger partial charge in [-0.2, -0.15) is 10.2 Å². The molecular weight excluding hydrogens is 552 g/mol. The van der Waals surface area contributed by atoms with Gasteiger partial charge in [-0.05, 0) is 79.9 Å². The van der Waals surface area contributed by atoms with Crippen LogP contribution in [0.4, 0.5) is 11.4 Å². The minimum Gasteiger partial charge on any atom is -0.459 e. The highest BCUT2D eigenvalue weighted by Crippen LogP contribution is 2.14. The molecule has 43 heavy (non-hydrogen) atoms. The van der Waals surface area contributed by atoms with Crippen molar-refractivity contribution in [2.24, 2.45) is 10.2 Å². The highest BCUT2D eigenvalue weighted by atomic mass is 16.3. The normalized spacial score (nSPS) is 11.5. The second-order valence-electron chi connectivity index (χ2n) is 9.34. The lowest BCUT2D eigenvalue weighted by Crippen LogP contribution is -2.22. The summed E-state index contributed by atoms with van der Waals surface area (Å²) in [5, 5.41) is 13.7. The van der Waals surface area contributed by atoms with Gasteiger partial charge in [0, 0.05) is 24.2 Å². The average molecular weight is 583 g/mol. The maximum Gasteiger partial charge on any atom is 0.291 e. The maximum absolute atomic E-state index is 12.2. The van der Waals surface area contributed by atoms with Gasteiger partial charge in [0.15, 0.2) is 11.5 Å². The van der Waals surface area contributed by atoms with E-state index in [0.717, 1.165) is 11.1 Å². The van der Waals surface area contributed by atoms with Gasteiger partial charge < -0.3 is 19.5 Å². The maximum atomic E-state index is 12.2. The number of hydrogen-bond acceptors (Lipinski definition) is 8. The molecule has 0 bridgehead atoms. The molecule has 0 fully saturated rings. The Hall–Kier alpha value is -5.78. The van der Waals surface area contributed by atoms with Crippen molar-refractivity contribution in [1.82, 2.24) is 10.9 Å². The molecule has 4 aromatic rings. The van der Waals surface area contributed by atoms with Crippen molar-refractivity contribution in [2.45, 2.75) is 33.1 Å². The third kappa shape index (κ3) is 9.11. The highest BCUT2D eigenvalue weighted by molar-refractivity contribution is 6.04. The number of benzene rings is 2. The summed E-state index contributed by atoms with van der Waals surface area (Å²) in [7, 11) is 0. The Morgan fingerprint density at radius 1 is 0.605 bits per heavy atom. The minimum atomic E-state index is -0.355. The van der Waals surface area contributed by atoms with E-state index < -0.39 is 0 Å². The van der Waals surface area contributed by atoms with Crippen molar-refractivity contribution in [3.05, 3.63) is 108 Å². The van der Waals surface area contributed by atoms with E-state index in [1.54, 1.807) is 86.6 Å². The van der Waals surface area contributed by atoms with Crippen molar-refractivity contribution < 1.29 is 28.0 Å². The van der Waals surface area contributed by atoms with Gasteiger partial charge in [-0.1, -0.05) is 24.3 Å². The van der Waals surface area contributed by atoms with E-state index in [0.29, 0.717) is 29.2 Å². The fraction of sp³-hybridized carbons (Fsp3) is 0.161. The zero-order valence-corrected chi connectivity index (χ0v) is 23.5. The van der Waals surface area contributed by atoms with Crippen molar-refractivity contribution in [2.75, 3.05) is 10.6 Å². The Kier molecular flexibility index (Phi) is 10.3. The predicted octanol–water partition coefficient (Wildman–Crippen LogP) is 4.93. The summed E-state index contributed by atoms with van der Waals surface area (Å²) in [6.45, 7) is 3.49. The first-order valence-corrected chi connectivity index (χ1v) is 13.4. The summed E-state index contributed by atoms with van der Waals surface area (Å²) in [6, 6.07) is 20.4. The van der Waals surface area contributed by atoms with Crippen LogP contribution in [0, 0.1) is 0 Å². The van der Waals surface area contributed by atoms with Crippen LogP contribution in [0.3, 0.4) is 0 Å². The molecule has 0 saturated carbocycles. The van der Waals surface area contributed by atoms with Gasteiger partial charge in [0.25, 0.3) is 11.8 Å². The largest absolute Gasteiger partial charge is 0.459 e. The Morgan fingerprint density at radius 2 is 1.00 bits per heavy atom. The minimum absolute atomic E-state index is 0.107. The fourth-order valence-electron chi connectivity index (χ4n) is 3.73. The topological polar surface area (TPSA) is 167 Å². The number of furan rings is 2. The van der Waals surface area contributed by atoms with Crippen LogP contribution in [0.2, 0.25) is 0 Å². The zero-order chi connectivity index (χ0) is 30.6. The van der Waals surface area contributed by atoms with Crippen molar-refractivity contribution >= 4 is 46.4 Å². The van der Waals surface area contributed by atoms with Crippen molar-refractivity contribution in [3.63, 3.8) is 0 Å². The summed E-state index contributed by atoms with van der Waals surface area (Å²) >= 11 is 0. The zero-order valence-electron chi connectivity index (χ0n) is 23.5. The van der Waals surface area contributed by atoms with E-state index in [1.807, 2.05) is 0 Å². The molecule has 0 spiro atoms. The average Bonchev–Trinajstić information content (AvgIpc) is 3.75. The molecule has 4 N–H and O–H groups in total. The molecule has 2 heterocycles. The number of nitrogens with one attached hydrogen (secondary N) is 4. The van der Waals surface area contributed by atoms with Crippen LogP contribution in [-0.2, 0) is 9.59 Å². The lowest BCUT2D eigenvalue weighted by atomic mass is 10.1. The molecule has 0 radical (unpaired) electrons. The van der Waals surface area contributed by atoms with Crippen LogP contribution in [0.25, 0.3) is 0 Å². The molecule has 2 aromatic carbocycles. The molecule has 4 amide bonds. The predicted molar refractivity (Wildman–Crippen MR) is 161 cm³/mol. The molecule has 12 nitrogen and oxygen atoms in total. The summed E-state index contributed by atoms with van der Waals surface area (Å²) < 4.78 is 10.1. The molecular formula is C31H30N6O6. The molecule has 0 saturated heterocycles. The molecule has 12 heteroatoms. The van der Waals surface area contributed by atoms with Gasteiger partial charge in [-0.15, -0.1) is 0 Å². The third-order valence-electron chi connectivity index (χ3n) is 6.12. The van der Waals surface area contributed by atoms with E-state index >= 15 is 0 Å². The lowest BCUT2D eigenvalue weighted by molar-refractivity contribution is -0.122. The molecule has 2 aromatic heterocycles. The second-order valence-corrected chi connectivity index (χ2v) is 9.34. The SMILES string of the molecule is CC(=NNC(=O)CCCC(=O)NN=C(C)c1ccc(NC(=O)c2ccco2)cc1)c1ccc(NC(=O)c2ccco2)cc1. The summed E-state index contributed by atoms with van der Waals surface area (Å²) in [6.07, 6.45) is 3.38. The van der Waals surface area contributed by atoms with E-state index in [1.165, 1.54) is 12.5 Å². The van der Waals surface area contributed by atoms with E-state index in [2.05, 4.69) is 31.7 Å². The molecule has 0 aliphatic carbocycles. The summed E-state index contributed by atoms with van der Waals surface area (Å²) in [5.74, 6) is -0.940. The molecule has 4 rings (SSSR count). The van der Waals surface area contributed by atoms with Crippen LogP contribution in [0.15, 0.2) is 104 Å². The van der Waals surface area contributed by atoms with Gasteiger partial charge in [-0.25, -0.2) is 10.9 Å². The van der Waals surface area contributed by atoms with Crippen LogP contribution < -0.4 is 21.5 Å². The molecule has 220 valence electrons. The number of hydrogen-bond donors (Lipinski definition) is 4. The van der Waals surface area contributed by atoms with Gasteiger partial charge >= 0.3 is 0 Å². The molecule has 0 atom stereocenters. The Morgan fingerprint density at radius 3 is 1.35 bits per heavy atom. The standard InChI is InChI=1S/C31H30N6O6/c1-20(22-10-14-24(15-11-22)32-30(40)26-6-4-18-42-26)34-36-28(38)8-3-9-29(39)37-35-21(2)23-12-16-25(17-13-23)33-31(41)27-7-5-19-43-27/h4-7,10-19H,3,8-9H2,1-2H3,(H,32,40)(H,33,41)(H,36,38)(H,37,39). The number of amides is 4. The number of nitrogens with zero attached hydrogens (tertiary/aromatic N) is 2. The van der Waals surface area contributed by atoms with E-state index in [-0.39, 0.29) is 48.0 Å². The van der Waals surface area contributed by atoms with Gasteiger partial charge in [-0.3, -0.25) is 19.2 Å². The number of carbonyl (C=O) groups excluding carboxylic acids is 4. The van der Waals surface area contributed by atoms with Gasteiger partial charge in [0.2, 0.25) is 11.8 Å². The van der Waals surface area contributed by atoms with Crippen LogP contribution >= 0.6 is 0 Å². The quantitative estimate of drug-likeness (QED) is 0.136. The number of anilines is 2. The van der Waals surface area contributed by atoms with Gasteiger partial charge in [0.05, 0.1) is 23.9 Å². The summed E-state index contributed by atoms with van der Waals surface area (Å²) in [5.41, 5.74) is 8.84. The van der Waals surface area contributed by atoms with Crippen LogP contribution in [0.1, 0.15) is 65.3 Å². The Balaban J connectivity index is 1.15. The summed E-state index contributed by atoms with van der Waals surface area (Å²) in [4.78, 5) is 48.5. The molecule has 0 aliphatic rings. The number of hydrazone groups is 2. The monoisotopic (exact) mass is 582 g/mol. The first kappa shape index (κ1) is 30.2. The number of rotatable bonds is 12. The number of carbonyl (C=O) groups is 4. The van der Waals surface area contributed by atoms with Crippen LogP contribution in [0.5, 0.6) is 0 Å². The van der Waals surface area contributed by atoms with Crippen LogP contribution in [-0.4, -0.2) is 35.1 Å². The molecule has 0 unspecified atom stereocenters.